The number of hydrogen-bond donors (Lipinski definition) is 2. The summed E-state index contributed by atoms with van der Waals surface area (Å²) in [7, 11) is 0. The van der Waals surface area contributed by atoms with E-state index in [1.165, 1.54) is 24.0 Å². The third-order valence-corrected chi connectivity index (χ3v) is 5.05. The highest BCUT2D eigenvalue weighted by Gasteiger charge is 2.29. The lowest BCUT2D eigenvalue weighted by atomic mass is 9.95. The second-order valence-corrected chi connectivity index (χ2v) is 6.96. The summed E-state index contributed by atoms with van der Waals surface area (Å²) < 4.78 is 0. The molecule has 0 aliphatic heterocycles. The SMILES string of the molecule is Cl.NC1CCCCc2cc(-c3ccnc(NC(=O)C4CC4)c3)ccc21. The van der Waals surface area contributed by atoms with Crippen molar-refractivity contribution in [2.45, 2.75) is 44.6 Å². The largest absolute Gasteiger partial charge is 0.324 e. The highest BCUT2D eigenvalue weighted by molar-refractivity contribution is 5.93. The highest BCUT2D eigenvalue weighted by atomic mass is 35.5. The molecular weight excluding hydrogens is 334 g/mol. The lowest BCUT2D eigenvalue weighted by Gasteiger charge is -2.14. The first kappa shape index (κ1) is 17.9. The second kappa shape index (κ2) is 7.54. The van der Waals surface area contributed by atoms with Crippen LogP contribution < -0.4 is 11.1 Å². The zero-order chi connectivity index (χ0) is 16.5. The first-order chi connectivity index (χ1) is 11.7. The highest BCUT2D eigenvalue weighted by Crippen LogP contribution is 2.32. The number of fused-ring (bicyclic) bond motifs is 1. The van der Waals surface area contributed by atoms with Crippen LogP contribution in [0, 0.1) is 5.92 Å². The van der Waals surface area contributed by atoms with E-state index in [4.69, 9.17) is 5.73 Å². The van der Waals surface area contributed by atoms with Crippen molar-refractivity contribution in [2.24, 2.45) is 11.7 Å². The fraction of sp³-hybridized carbons (Fsp3) is 0.400. The maximum atomic E-state index is 11.9. The van der Waals surface area contributed by atoms with Crippen LogP contribution >= 0.6 is 12.4 Å². The maximum absolute atomic E-state index is 11.9. The van der Waals surface area contributed by atoms with E-state index in [0.29, 0.717) is 5.82 Å². The molecule has 1 aromatic carbocycles. The number of amides is 1. The Balaban J connectivity index is 0.00000182. The summed E-state index contributed by atoms with van der Waals surface area (Å²) in [4.78, 5) is 16.2. The Hall–Kier alpha value is -1.91. The minimum absolute atomic E-state index is 0. The minimum atomic E-state index is 0. The smallest absolute Gasteiger partial charge is 0.228 e. The van der Waals surface area contributed by atoms with Crippen LogP contribution in [0.2, 0.25) is 0 Å². The quantitative estimate of drug-likeness (QED) is 0.807. The van der Waals surface area contributed by atoms with Crippen LogP contribution in [0.15, 0.2) is 36.5 Å². The van der Waals surface area contributed by atoms with Crippen LogP contribution in [0.4, 0.5) is 5.82 Å². The number of rotatable bonds is 3. The fourth-order valence-electron chi connectivity index (χ4n) is 3.45. The Morgan fingerprint density at radius 2 is 1.88 bits per heavy atom. The number of anilines is 1. The summed E-state index contributed by atoms with van der Waals surface area (Å²) in [6, 6.07) is 10.7. The van der Waals surface area contributed by atoms with Gasteiger partial charge < -0.3 is 11.1 Å². The number of halogens is 1. The maximum Gasteiger partial charge on any atom is 0.228 e. The summed E-state index contributed by atoms with van der Waals surface area (Å²) in [5.41, 5.74) is 11.2. The van der Waals surface area contributed by atoms with E-state index in [1.807, 2.05) is 12.1 Å². The van der Waals surface area contributed by atoms with Gasteiger partial charge in [-0.05, 0) is 66.5 Å². The van der Waals surface area contributed by atoms with Crippen LogP contribution in [0.25, 0.3) is 11.1 Å². The van der Waals surface area contributed by atoms with Gasteiger partial charge in [0.15, 0.2) is 0 Å². The van der Waals surface area contributed by atoms with E-state index in [2.05, 4.69) is 28.5 Å². The first-order valence-electron chi connectivity index (χ1n) is 8.86. The van der Waals surface area contributed by atoms with Gasteiger partial charge in [-0.3, -0.25) is 4.79 Å². The number of carbonyl (C=O) groups excluding carboxylic acids is 1. The normalized spacial score (nSPS) is 19.3. The molecule has 1 atom stereocenters. The van der Waals surface area contributed by atoms with E-state index in [0.717, 1.165) is 36.8 Å². The second-order valence-electron chi connectivity index (χ2n) is 6.96. The molecule has 1 amide bonds. The molecule has 4 rings (SSSR count). The lowest BCUT2D eigenvalue weighted by Crippen LogP contribution is -2.14. The molecule has 1 fully saturated rings. The summed E-state index contributed by atoms with van der Waals surface area (Å²) >= 11 is 0. The number of hydrogen-bond acceptors (Lipinski definition) is 3. The zero-order valence-corrected chi connectivity index (χ0v) is 15.0. The van der Waals surface area contributed by atoms with Gasteiger partial charge in [-0.1, -0.05) is 24.6 Å². The molecule has 4 nitrogen and oxygen atoms in total. The Kier molecular flexibility index (Phi) is 5.40. The number of nitrogens with zero attached hydrogens (tertiary/aromatic N) is 1. The van der Waals surface area contributed by atoms with Crippen LogP contribution in [0.5, 0.6) is 0 Å². The standard InChI is InChI=1S/C20H23N3O.ClH/c21-18-4-2-1-3-16-11-14(7-8-17(16)18)15-9-10-22-19(12-15)23-20(24)13-5-6-13;/h7-13,18H,1-6,21H2,(H,22,23,24);1H. The topological polar surface area (TPSA) is 68.0 Å². The lowest BCUT2D eigenvalue weighted by molar-refractivity contribution is -0.117. The Morgan fingerprint density at radius 1 is 1.08 bits per heavy atom. The molecule has 25 heavy (non-hydrogen) atoms. The van der Waals surface area contributed by atoms with Gasteiger partial charge in [-0.2, -0.15) is 0 Å². The number of benzene rings is 1. The number of nitrogens with one attached hydrogen (secondary N) is 1. The van der Waals surface area contributed by atoms with Crippen molar-refractivity contribution < 1.29 is 4.79 Å². The van der Waals surface area contributed by atoms with Gasteiger partial charge in [0, 0.05) is 18.2 Å². The molecule has 1 saturated carbocycles. The van der Waals surface area contributed by atoms with Gasteiger partial charge in [0.25, 0.3) is 0 Å². The molecule has 2 aliphatic carbocycles. The summed E-state index contributed by atoms with van der Waals surface area (Å²) in [5, 5.41) is 2.92. The molecule has 0 spiro atoms. The Labute approximate surface area is 154 Å². The van der Waals surface area contributed by atoms with Crippen LogP contribution in [0.3, 0.4) is 0 Å². The van der Waals surface area contributed by atoms with Crippen molar-refractivity contribution in [3.05, 3.63) is 47.7 Å². The number of aryl methyl sites for hydroxylation is 1. The van der Waals surface area contributed by atoms with Gasteiger partial charge in [-0.25, -0.2) is 4.98 Å². The van der Waals surface area contributed by atoms with Crippen molar-refractivity contribution in [1.82, 2.24) is 4.98 Å². The van der Waals surface area contributed by atoms with Crippen molar-refractivity contribution >= 4 is 24.1 Å². The Bertz CT molecular complexity index is 773. The van der Waals surface area contributed by atoms with E-state index >= 15 is 0 Å². The number of aromatic nitrogens is 1. The molecule has 132 valence electrons. The molecule has 2 aromatic rings. The van der Waals surface area contributed by atoms with Gasteiger partial charge in [0.05, 0.1) is 0 Å². The summed E-state index contributed by atoms with van der Waals surface area (Å²) in [5.74, 6) is 0.910. The molecular formula is C20H24ClN3O. The van der Waals surface area contributed by atoms with Crippen LogP contribution in [-0.2, 0) is 11.2 Å². The van der Waals surface area contributed by atoms with Gasteiger partial charge in [-0.15, -0.1) is 12.4 Å². The summed E-state index contributed by atoms with van der Waals surface area (Å²) in [6.07, 6.45) is 8.30. The average molecular weight is 358 g/mol. The Morgan fingerprint density at radius 3 is 2.68 bits per heavy atom. The number of nitrogens with two attached hydrogens (primary N) is 1. The third-order valence-electron chi connectivity index (χ3n) is 5.05. The first-order valence-corrected chi connectivity index (χ1v) is 8.86. The van der Waals surface area contributed by atoms with E-state index in [1.54, 1.807) is 6.20 Å². The van der Waals surface area contributed by atoms with Crippen molar-refractivity contribution in [3.8, 4) is 11.1 Å². The molecule has 5 heteroatoms. The molecule has 1 heterocycles. The van der Waals surface area contributed by atoms with Crippen molar-refractivity contribution in [2.75, 3.05) is 5.32 Å². The van der Waals surface area contributed by atoms with Gasteiger partial charge in [0.2, 0.25) is 5.91 Å². The number of carbonyl (C=O) groups is 1. The number of pyridine rings is 1. The van der Waals surface area contributed by atoms with Crippen molar-refractivity contribution in [3.63, 3.8) is 0 Å². The monoisotopic (exact) mass is 357 g/mol. The molecule has 1 aromatic heterocycles. The van der Waals surface area contributed by atoms with Crippen LogP contribution in [-0.4, -0.2) is 10.9 Å². The summed E-state index contributed by atoms with van der Waals surface area (Å²) in [6.45, 7) is 0. The fourth-order valence-corrected chi connectivity index (χ4v) is 3.45. The van der Waals surface area contributed by atoms with Gasteiger partial charge in [0.1, 0.15) is 5.82 Å². The van der Waals surface area contributed by atoms with Crippen LogP contribution in [0.1, 0.15) is 49.3 Å². The van der Waals surface area contributed by atoms with E-state index in [9.17, 15) is 4.79 Å². The van der Waals surface area contributed by atoms with Gasteiger partial charge >= 0.3 is 0 Å². The zero-order valence-electron chi connectivity index (χ0n) is 14.2. The van der Waals surface area contributed by atoms with E-state index < -0.39 is 0 Å². The third kappa shape index (κ3) is 4.02. The molecule has 0 saturated heterocycles. The molecule has 0 bridgehead atoms. The molecule has 1 unspecified atom stereocenters. The minimum Gasteiger partial charge on any atom is -0.324 e. The van der Waals surface area contributed by atoms with E-state index in [-0.39, 0.29) is 30.3 Å². The average Bonchev–Trinajstić information content (AvgIpc) is 3.43. The predicted octanol–water partition coefficient (Wildman–Crippen LogP) is 4.25. The molecule has 2 aliphatic rings. The molecule has 3 N–H and O–H groups in total. The van der Waals surface area contributed by atoms with Crippen molar-refractivity contribution in [1.29, 1.82) is 0 Å². The predicted molar refractivity (Wildman–Crippen MR) is 103 cm³/mol. The molecule has 0 radical (unpaired) electrons.